The SMILES string of the molecule is O=C(Nc1ccc(Cl)cc1F)N(CCCO)Cc1ccc(Cl)c(Cl)c1. The van der Waals surface area contributed by atoms with Crippen molar-refractivity contribution in [3.8, 4) is 0 Å². The summed E-state index contributed by atoms with van der Waals surface area (Å²) in [5.74, 6) is -0.627. The Morgan fingerprint density at radius 2 is 1.88 bits per heavy atom. The largest absolute Gasteiger partial charge is 0.396 e. The fourth-order valence-corrected chi connectivity index (χ4v) is 2.64. The summed E-state index contributed by atoms with van der Waals surface area (Å²) in [6.07, 6.45) is 0.387. The molecule has 0 radical (unpaired) electrons. The van der Waals surface area contributed by atoms with Gasteiger partial charge < -0.3 is 15.3 Å². The van der Waals surface area contributed by atoms with E-state index >= 15 is 0 Å². The molecular weight excluding hydrogens is 390 g/mol. The number of amides is 2. The zero-order valence-electron chi connectivity index (χ0n) is 13.1. The number of carbonyl (C=O) groups is 1. The fourth-order valence-electron chi connectivity index (χ4n) is 2.16. The molecule has 0 aromatic heterocycles. The van der Waals surface area contributed by atoms with Crippen molar-refractivity contribution in [1.82, 2.24) is 4.90 Å². The van der Waals surface area contributed by atoms with Crippen molar-refractivity contribution in [2.75, 3.05) is 18.5 Å². The van der Waals surface area contributed by atoms with E-state index < -0.39 is 11.8 Å². The molecule has 2 N–H and O–H groups in total. The third-order valence-corrected chi connectivity index (χ3v) is 4.38. The molecule has 0 aliphatic rings. The van der Waals surface area contributed by atoms with Gasteiger partial charge in [0.2, 0.25) is 0 Å². The molecule has 134 valence electrons. The van der Waals surface area contributed by atoms with Crippen LogP contribution in [0.25, 0.3) is 0 Å². The Balaban J connectivity index is 2.14. The highest BCUT2D eigenvalue weighted by Gasteiger charge is 2.16. The molecule has 0 fully saturated rings. The highest BCUT2D eigenvalue weighted by molar-refractivity contribution is 6.42. The number of carbonyl (C=O) groups excluding carboxylic acids is 1. The van der Waals surface area contributed by atoms with E-state index in [1.54, 1.807) is 18.2 Å². The smallest absolute Gasteiger partial charge is 0.322 e. The first-order valence-electron chi connectivity index (χ1n) is 7.46. The predicted molar refractivity (Wildman–Crippen MR) is 99.0 cm³/mol. The van der Waals surface area contributed by atoms with Crippen molar-refractivity contribution in [1.29, 1.82) is 0 Å². The Hall–Kier alpha value is -1.53. The van der Waals surface area contributed by atoms with Crippen LogP contribution >= 0.6 is 34.8 Å². The van der Waals surface area contributed by atoms with Crippen LogP contribution in [0.15, 0.2) is 36.4 Å². The Morgan fingerprint density at radius 1 is 1.12 bits per heavy atom. The zero-order valence-corrected chi connectivity index (χ0v) is 15.4. The number of benzene rings is 2. The van der Waals surface area contributed by atoms with Crippen LogP contribution < -0.4 is 5.32 Å². The van der Waals surface area contributed by atoms with Crippen molar-refractivity contribution in [3.63, 3.8) is 0 Å². The second-order valence-electron chi connectivity index (χ2n) is 5.30. The van der Waals surface area contributed by atoms with Crippen LogP contribution in [0.5, 0.6) is 0 Å². The molecule has 0 saturated carbocycles. The van der Waals surface area contributed by atoms with Crippen LogP contribution in [-0.4, -0.2) is 29.2 Å². The van der Waals surface area contributed by atoms with Crippen LogP contribution in [0, 0.1) is 5.82 Å². The number of rotatable bonds is 6. The minimum absolute atomic E-state index is 0.0255. The number of hydrogen-bond acceptors (Lipinski definition) is 2. The van der Waals surface area contributed by atoms with Crippen LogP contribution in [-0.2, 0) is 6.54 Å². The molecule has 0 bridgehead atoms. The number of nitrogens with zero attached hydrogens (tertiary/aromatic N) is 1. The monoisotopic (exact) mass is 404 g/mol. The van der Waals surface area contributed by atoms with E-state index in [9.17, 15) is 9.18 Å². The number of urea groups is 1. The molecule has 2 aromatic carbocycles. The Kier molecular flexibility index (Phi) is 7.32. The third kappa shape index (κ3) is 5.75. The van der Waals surface area contributed by atoms with Gasteiger partial charge in [0.1, 0.15) is 5.82 Å². The maximum atomic E-state index is 13.9. The topological polar surface area (TPSA) is 52.6 Å². The first-order valence-corrected chi connectivity index (χ1v) is 8.60. The lowest BCUT2D eigenvalue weighted by Crippen LogP contribution is -2.35. The minimum atomic E-state index is -0.627. The van der Waals surface area contributed by atoms with E-state index in [1.807, 2.05) is 0 Å². The average Bonchev–Trinajstić information content (AvgIpc) is 2.57. The molecule has 4 nitrogen and oxygen atoms in total. The van der Waals surface area contributed by atoms with Gasteiger partial charge in [-0.3, -0.25) is 0 Å². The average molecular weight is 406 g/mol. The summed E-state index contributed by atoms with van der Waals surface area (Å²) in [5.41, 5.74) is 0.789. The molecule has 0 aliphatic heterocycles. The van der Waals surface area contributed by atoms with Crippen molar-refractivity contribution in [3.05, 3.63) is 62.8 Å². The standard InChI is InChI=1S/C17H16Cl3FN2O2/c18-12-3-5-16(15(21)9-12)22-17(25)23(6-1-7-24)10-11-2-4-13(19)14(20)8-11/h2-5,8-9,24H,1,6-7,10H2,(H,22,25). The van der Waals surface area contributed by atoms with Gasteiger partial charge in [0.25, 0.3) is 0 Å². The number of aliphatic hydroxyl groups is 1. The van der Waals surface area contributed by atoms with E-state index in [1.165, 1.54) is 17.0 Å². The van der Waals surface area contributed by atoms with Crippen LogP contribution in [0.4, 0.5) is 14.9 Å². The summed E-state index contributed by atoms with van der Waals surface area (Å²) < 4.78 is 13.9. The molecule has 0 spiro atoms. The Labute approximate surface area is 160 Å². The lowest BCUT2D eigenvalue weighted by molar-refractivity contribution is 0.199. The van der Waals surface area contributed by atoms with Gasteiger partial charge in [-0.1, -0.05) is 40.9 Å². The summed E-state index contributed by atoms with van der Waals surface area (Å²) in [5, 5.41) is 12.6. The van der Waals surface area contributed by atoms with Crippen molar-refractivity contribution >= 4 is 46.5 Å². The van der Waals surface area contributed by atoms with Gasteiger partial charge in [-0.05, 0) is 42.3 Å². The normalized spacial score (nSPS) is 10.6. The highest BCUT2D eigenvalue weighted by atomic mass is 35.5. The molecule has 0 saturated heterocycles. The maximum Gasteiger partial charge on any atom is 0.322 e. The molecule has 2 aromatic rings. The predicted octanol–water partition coefficient (Wildman–Crippen LogP) is 5.20. The van der Waals surface area contributed by atoms with Gasteiger partial charge in [-0.2, -0.15) is 0 Å². The van der Waals surface area contributed by atoms with E-state index in [0.717, 1.165) is 11.6 Å². The summed E-state index contributed by atoms with van der Waals surface area (Å²) in [4.78, 5) is 13.9. The first-order chi connectivity index (χ1) is 11.9. The van der Waals surface area contributed by atoms with E-state index in [-0.39, 0.29) is 30.4 Å². The summed E-state index contributed by atoms with van der Waals surface area (Å²) in [7, 11) is 0. The third-order valence-electron chi connectivity index (χ3n) is 3.40. The number of nitrogens with one attached hydrogen (secondary N) is 1. The van der Waals surface area contributed by atoms with Crippen molar-refractivity contribution in [2.45, 2.75) is 13.0 Å². The van der Waals surface area contributed by atoms with Gasteiger partial charge >= 0.3 is 6.03 Å². The number of hydrogen-bond donors (Lipinski definition) is 2. The van der Waals surface area contributed by atoms with Crippen LogP contribution in [0.2, 0.25) is 15.1 Å². The zero-order chi connectivity index (χ0) is 18.4. The molecule has 0 heterocycles. The summed E-state index contributed by atoms with van der Waals surface area (Å²) in [6.45, 7) is 0.455. The maximum absolute atomic E-state index is 13.9. The Morgan fingerprint density at radius 3 is 2.52 bits per heavy atom. The quantitative estimate of drug-likeness (QED) is 0.694. The van der Waals surface area contributed by atoms with Gasteiger partial charge in [-0.25, -0.2) is 9.18 Å². The number of halogens is 4. The van der Waals surface area contributed by atoms with Crippen molar-refractivity contribution < 1.29 is 14.3 Å². The second-order valence-corrected chi connectivity index (χ2v) is 6.55. The lowest BCUT2D eigenvalue weighted by atomic mass is 10.2. The Bertz CT molecular complexity index is 759. The molecular formula is C17H16Cl3FN2O2. The molecule has 0 atom stereocenters. The second kappa shape index (κ2) is 9.25. The molecule has 25 heavy (non-hydrogen) atoms. The molecule has 2 amide bonds. The molecule has 8 heteroatoms. The molecule has 0 aliphatic carbocycles. The van der Waals surface area contributed by atoms with Crippen molar-refractivity contribution in [2.24, 2.45) is 0 Å². The van der Waals surface area contributed by atoms with Gasteiger partial charge in [0.15, 0.2) is 0 Å². The highest BCUT2D eigenvalue weighted by Crippen LogP contribution is 2.24. The van der Waals surface area contributed by atoms with E-state index in [4.69, 9.17) is 39.9 Å². The van der Waals surface area contributed by atoms with E-state index in [0.29, 0.717) is 16.5 Å². The molecule has 2 rings (SSSR count). The first kappa shape index (κ1) is 19.8. The molecule has 0 unspecified atom stereocenters. The fraction of sp³-hybridized carbons (Fsp3) is 0.235. The van der Waals surface area contributed by atoms with Crippen LogP contribution in [0.1, 0.15) is 12.0 Å². The van der Waals surface area contributed by atoms with Gasteiger partial charge in [0, 0.05) is 24.7 Å². The minimum Gasteiger partial charge on any atom is -0.396 e. The van der Waals surface area contributed by atoms with Gasteiger partial charge in [-0.15, -0.1) is 0 Å². The van der Waals surface area contributed by atoms with Crippen LogP contribution in [0.3, 0.4) is 0 Å². The lowest BCUT2D eigenvalue weighted by Gasteiger charge is -2.23. The van der Waals surface area contributed by atoms with E-state index in [2.05, 4.69) is 5.32 Å². The number of anilines is 1. The number of aliphatic hydroxyl groups excluding tert-OH is 1. The summed E-state index contributed by atoms with van der Waals surface area (Å²) >= 11 is 17.6. The van der Waals surface area contributed by atoms with Gasteiger partial charge in [0.05, 0.1) is 15.7 Å². The summed E-state index contributed by atoms with van der Waals surface area (Å²) in [6, 6.07) is 8.54.